The van der Waals surface area contributed by atoms with Crippen LogP contribution in [0.2, 0.25) is 0 Å². The normalized spacial score (nSPS) is 34.3. The third-order valence-electron chi connectivity index (χ3n) is 4.13. The molecule has 2 heteroatoms. The van der Waals surface area contributed by atoms with Crippen LogP contribution in [0.5, 0.6) is 0 Å². The molecule has 0 aromatic carbocycles. The second kappa shape index (κ2) is 4.19. The lowest BCUT2D eigenvalue weighted by Gasteiger charge is -2.28. The van der Waals surface area contributed by atoms with Crippen LogP contribution in [0, 0.1) is 11.8 Å². The highest BCUT2D eigenvalue weighted by Gasteiger charge is 2.37. The van der Waals surface area contributed by atoms with Gasteiger partial charge in [0, 0.05) is 18.6 Å². The molecule has 1 saturated carbocycles. The summed E-state index contributed by atoms with van der Waals surface area (Å²) in [6, 6.07) is 1.31. The fraction of sp³-hybridized carbons (Fsp3) is 1.00. The van der Waals surface area contributed by atoms with Crippen LogP contribution in [-0.2, 0) is 0 Å². The van der Waals surface area contributed by atoms with Crippen LogP contribution in [0.1, 0.15) is 39.5 Å². The van der Waals surface area contributed by atoms with Gasteiger partial charge in [-0.15, -0.1) is 0 Å². The monoisotopic (exact) mass is 196 g/mol. The zero-order valence-corrected chi connectivity index (χ0v) is 9.58. The molecule has 3 atom stereocenters. The quantitative estimate of drug-likeness (QED) is 0.743. The van der Waals surface area contributed by atoms with E-state index in [4.69, 9.17) is 5.73 Å². The molecule has 0 spiro atoms. The molecule has 1 saturated heterocycles. The molecule has 1 aliphatic carbocycles. The van der Waals surface area contributed by atoms with Crippen LogP contribution in [0.4, 0.5) is 0 Å². The summed E-state index contributed by atoms with van der Waals surface area (Å²) < 4.78 is 0. The Morgan fingerprint density at radius 1 is 1.36 bits per heavy atom. The van der Waals surface area contributed by atoms with Crippen LogP contribution in [0.25, 0.3) is 0 Å². The van der Waals surface area contributed by atoms with E-state index in [1.165, 1.54) is 38.8 Å². The van der Waals surface area contributed by atoms with Crippen molar-refractivity contribution in [3.05, 3.63) is 0 Å². The average Bonchev–Trinajstić information content (AvgIpc) is 2.74. The van der Waals surface area contributed by atoms with E-state index in [-0.39, 0.29) is 0 Å². The molecule has 2 fully saturated rings. The lowest BCUT2D eigenvalue weighted by molar-refractivity contribution is 0.201. The van der Waals surface area contributed by atoms with Crippen LogP contribution in [0.15, 0.2) is 0 Å². The maximum absolute atomic E-state index is 6.07. The molecule has 3 unspecified atom stereocenters. The molecule has 2 bridgehead atoms. The maximum atomic E-state index is 6.07. The standard InChI is InChI=1S/C12H24N2/c1-9(2)12(13)5-6-14-8-10-3-4-11(14)7-10/h9-12H,3-8,13H2,1-2H3. The first-order valence-electron chi connectivity index (χ1n) is 6.16. The summed E-state index contributed by atoms with van der Waals surface area (Å²) in [5, 5.41) is 0. The Hall–Kier alpha value is -0.0800. The minimum atomic E-state index is 0.397. The van der Waals surface area contributed by atoms with Crippen molar-refractivity contribution in [2.75, 3.05) is 13.1 Å². The van der Waals surface area contributed by atoms with Crippen molar-refractivity contribution < 1.29 is 0 Å². The Balaban J connectivity index is 1.71. The van der Waals surface area contributed by atoms with E-state index in [0.29, 0.717) is 12.0 Å². The van der Waals surface area contributed by atoms with Gasteiger partial charge in [-0.05, 0) is 44.1 Å². The van der Waals surface area contributed by atoms with Crippen LogP contribution < -0.4 is 5.73 Å². The minimum absolute atomic E-state index is 0.397. The molecule has 0 radical (unpaired) electrons. The Bertz CT molecular complexity index is 191. The zero-order chi connectivity index (χ0) is 10.1. The van der Waals surface area contributed by atoms with E-state index in [1.54, 1.807) is 0 Å². The number of nitrogens with two attached hydrogens (primary N) is 1. The summed E-state index contributed by atoms with van der Waals surface area (Å²) in [5.41, 5.74) is 6.07. The van der Waals surface area contributed by atoms with Crippen molar-refractivity contribution in [2.24, 2.45) is 17.6 Å². The molecule has 82 valence electrons. The summed E-state index contributed by atoms with van der Waals surface area (Å²) in [4.78, 5) is 2.68. The number of fused-ring (bicyclic) bond motifs is 2. The third kappa shape index (κ3) is 2.12. The maximum Gasteiger partial charge on any atom is 0.00986 e. The topological polar surface area (TPSA) is 29.3 Å². The Morgan fingerprint density at radius 3 is 2.64 bits per heavy atom. The summed E-state index contributed by atoms with van der Waals surface area (Å²) in [6.07, 6.45) is 5.58. The van der Waals surface area contributed by atoms with Crippen molar-refractivity contribution >= 4 is 0 Å². The Labute approximate surface area is 87.8 Å². The van der Waals surface area contributed by atoms with E-state index >= 15 is 0 Å². The molecule has 2 N–H and O–H groups in total. The summed E-state index contributed by atoms with van der Waals surface area (Å²) in [5.74, 6) is 1.66. The minimum Gasteiger partial charge on any atom is -0.327 e. The molecular weight excluding hydrogens is 172 g/mol. The van der Waals surface area contributed by atoms with Crippen LogP contribution >= 0.6 is 0 Å². The van der Waals surface area contributed by atoms with Crippen molar-refractivity contribution in [3.63, 3.8) is 0 Å². The number of nitrogens with zero attached hydrogens (tertiary/aromatic N) is 1. The number of likely N-dealkylation sites (tertiary alicyclic amines) is 1. The number of piperidine rings is 1. The van der Waals surface area contributed by atoms with E-state index in [0.717, 1.165) is 12.0 Å². The SMILES string of the molecule is CC(C)C(N)CCN1CC2CCC1C2. The van der Waals surface area contributed by atoms with Gasteiger partial charge in [-0.25, -0.2) is 0 Å². The lowest BCUT2D eigenvalue weighted by Crippen LogP contribution is -2.37. The Morgan fingerprint density at radius 2 is 2.14 bits per heavy atom. The smallest absolute Gasteiger partial charge is 0.00986 e. The number of rotatable bonds is 4. The fourth-order valence-corrected chi connectivity index (χ4v) is 2.95. The number of hydrogen-bond acceptors (Lipinski definition) is 2. The molecule has 0 aromatic heterocycles. The van der Waals surface area contributed by atoms with Gasteiger partial charge in [-0.2, -0.15) is 0 Å². The predicted octanol–water partition coefficient (Wildman–Crippen LogP) is 1.84. The van der Waals surface area contributed by atoms with Gasteiger partial charge in [0.05, 0.1) is 0 Å². The lowest BCUT2D eigenvalue weighted by atomic mass is 10.0. The zero-order valence-electron chi connectivity index (χ0n) is 9.58. The van der Waals surface area contributed by atoms with Gasteiger partial charge in [0.2, 0.25) is 0 Å². The van der Waals surface area contributed by atoms with Gasteiger partial charge in [0.15, 0.2) is 0 Å². The van der Waals surface area contributed by atoms with E-state index in [2.05, 4.69) is 18.7 Å². The van der Waals surface area contributed by atoms with E-state index < -0.39 is 0 Å². The van der Waals surface area contributed by atoms with E-state index in [1.807, 2.05) is 0 Å². The van der Waals surface area contributed by atoms with E-state index in [9.17, 15) is 0 Å². The molecule has 2 rings (SSSR count). The first-order valence-corrected chi connectivity index (χ1v) is 6.16. The molecule has 2 nitrogen and oxygen atoms in total. The Kier molecular flexibility index (Phi) is 3.13. The molecule has 0 amide bonds. The first-order chi connectivity index (χ1) is 6.66. The van der Waals surface area contributed by atoms with Gasteiger partial charge in [-0.1, -0.05) is 13.8 Å². The highest BCUT2D eigenvalue weighted by Crippen LogP contribution is 2.37. The van der Waals surface area contributed by atoms with Gasteiger partial charge >= 0.3 is 0 Å². The molecular formula is C12H24N2. The second-order valence-corrected chi connectivity index (χ2v) is 5.52. The molecule has 1 aliphatic heterocycles. The van der Waals surface area contributed by atoms with Crippen molar-refractivity contribution in [3.8, 4) is 0 Å². The highest BCUT2D eigenvalue weighted by molar-refractivity contribution is 4.92. The largest absolute Gasteiger partial charge is 0.327 e. The van der Waals surface area contributed by atoms with Gasteiger partial charge in [0.1, 0.15) is 0 Å². The summed E-state index contributed by atoms with van der Waals surface area (Å²) >= 11 is 0. The first kappa shape index (κ1) is 10.4. The fourth-order valence-electron chi connectivity index (χ4n) is 2.95. The molecule has 2 aliphatic rings. The summed E-state index contributed by atoms with van der Waals surface area (Å²) in [7, 11) is 0. The highest BCUT2D eigenvalue weighted by atomic mass is 15.2. The number of hydrogen-bond donors (Lipinski definition) is 1. The second-order valence-electron chi connectivity index (χ2n) is 5.52. The molecule has 14 heavy (non-hydrogen) atoms. The van der Waals surface area contributed by atoms with Gasteiger partial charge in [0.25, 0.3) is 0 Å². The predicted molar refractivity (Wildman–Crippen MR) is 60.1 cm³/mol. The molecule has 1 heterocycles. The van der Waals surface area contributed by atoms with Gasteiger partial charge < -0.3 is 10.6 Å². The van der Waals surface area contributed by atoms with Crippen LogP contribution in [-0.4, -0.2) is 30.1 Å². The van der Waals surface area contributed by atoms with Crippen LogP contribution in [0.3, 0.4) is 0 Å². The van der Waals surface area contributed by atoms with Crippen molar-refractivity contribution in [1.82, 2.24) is 4.90 Å². The third-order valence-corrected chi connectivity index (χ3v) is 4.13. The molecule has 0 aromatic rings. The van der Waals surface area contributed by atoms with Crippen molar-refractivity contribution in [2.45, 2.75) is 51.6 Å². The van der Waals surface area contributed by atoms with Gasteiger partial charge in [-0.3, -0.25) is 0 Å². The van der Waals surface area contributed by atoms with Crippen molar-refractivity contribution in [1.29, 1.82) is 0 Å². The average molecular weight is 196 g/mol. The summed E-state index contributed by atoms with van der Waals surface area (Å²) in [6.45, 7) is 7.04.